The zero-order valence-electron chi connectivity index (χ0n) is 16.0. The predicted molar refractivity (Wildman–Crippen MR) is 106 cm³/mol. The molecule has 1 fully saturated rings. The molecule has 2 aromatic carbocycles. The van der Waals surface area contributed by atoms with E-state index in [9.17, 15) is 22.8 Å². The van der Waals surface area contributed by atoms with E-state index in [0.29, 0.717) is 36.0 Å². The number of aromatic nitrogens is 1. The van der Waals surface area contributed by atoms with Crippen LogP contribution >= 0.6 is 0 Å². The van der Waals surface area contributed by atoms with Crippen LogP contribution in [0.1, 0.15) is 30.7 Å². The van der Waals surface area contributed by atoms with Gasteiger partial charge in [0.25, 0.3) is 0 Å². The number of nitrogens with one attached hydrogen (secondary N) is 2. The SMILES string of the molecule is NC(=O)CC(=O)NC[C@H]1C[C@@H](c2c(-c3ccc(F)cc3)[nH]c3c(F)cc(F)cc32)C1. The van der Waals surface area contributed by atoms with Gasteiger partial charge in [-0.15, -0.1) is 0 Å². The molecule has 0 spiro atoms. The summed E-state index contributed by atoms with van der Waals surface area (Å²) < 4.78 is 41.7. The Morgan fingerprint density at radius 1 is 1.07 bits per heavy atom. The molecule has 0 saturated heterocycles. The van der Waals surface area contributed by atoms with Crippen molar-refractivity contribution in [1.29, 1.82) is 0 Å². The third-order valence-electron chi connectivity index (χ3n) is 5.56. The van der Waals surface area contributed by atoms with Gasteiger partial charge in [0.1, 0.15) is 23.9 Å². The molecule has 2 amide bonds. The quantitative estimate of drug-likeness (QED) is 0.536. The number of H-pyrrole nitrogens is 1. The maximum Gasteiger partial charge on any atom is 0.229 e. The number of aromatic amines is 1. The molecule has 1 aromatic heterocycles. The molecule has 156 valence electrons. The largest absolute Gasteiger partial charge is 0.369 e. The number of rotatable bonds is 6. The normalized spacial score (nSPS) is 18.2. The van der Waals surface area contributed by atoms with Crippen molar-refractivity contribution in [2.75, 3.05) is 6.54 Å². The van der Waals surface area contributed by atoms with Gasteiger partial charge in [-0.1, -0.05) is 0 Å². The Morgan fingerprint density at radius 2 is 1.77 bits per heavy atom. The van der Waals surface area contributed by atoms with Crippen LogP contribution in [-0.2, 0) is 9.59 Å². The number of carbonyl (C=O) groups is 2. The number of benzene rings is 2. The highest BCUT2D eigenvalue weighted by molar-refractivity contribution is 5.96. The van der Waals surface area contributed by atoms with Gasteiger partial charge in [-0.2, -0.15) is 0 Å². The number of hydrogen-bond donors (Lipinski definition) is 3. The van der Waals surface area contributed by atoms with Crippen molar-refractivity contribution < 1.29 is 22.8 Å². The molecule has 1 aliphatic carbocycles. The van der Waals surface area contributed by atoms with Gasteiger partial charge in [0, 0.05) is 18.0 Å². The van der Waals surface area contributed by atoms with E-state index < -0.39 is 23.4 Å². The molecular weight excluding hydrogens is 395 g/mol. The first-order chi connectivity index (χ1) is 14.3. The second-order valence-corrected chi connectivity index (χ2v) is 7.71. The van der Waals surface area contributed by atoms with E-state index >= 15 is 0 Å². The fourth-order valence-corrected chi connectivity index (χ4v) is 4.13. The van der Waals surface area contributed by atoms with E-state index in [1.807, 2.05) is 0 Å². The van der Waals surface area contributed by atoms with Crippen LogP contribution in [0, 0.1) is 23.4 Å². The zero-order chi connectivity index (χ0) is 21.4. The van der Waals surface area contributed by atoms with E-state index in [0.717, 1.165) is 11.6 Å². The van der Waals surface area contributed by atoms with E-state index in [-0.39, 0.29) is 29.6 Å². The molecule has 0 aliphatic heterocycles. The summed E-state index contributed by atoms with van der Waals surface area (Å²) in [5.41, 5.74) is 7.32. The highest BCUT2D eigenvalue weighted by Gasteiger charge is 2.34. The predicted octanol–water partition coefficient (Wildman–Crippen LogP) is 3.74. The molecule has 0 atom stereocenters. The number of primary amides is 1. The third-order valence-corrected chi connectivity index (χ3v) is 5.56. The lowest BCUT2D eigenvalue weighted by molar-refractivity contribution is -0.127. The van der Waals surface area contributed by atoms with E-state index in [2.05, 4.69) is 10.3 Å². The molecule has 0 radical (unpaired) electrons. The highest BCUT2D eigenvalue weighted by Crippen LogP contribution is 2.48. The standard InChI is InChI=1S/C22H20F3N3O2/c23-14-3-1-12(2-4-14)21-20(16-7-15(24)8-17(25)22(16)28-21)13-5-11(6-13)10-27-19(30)9-18(26)29/h1-4,7-8,11,13,28H,5-6,9-10H2,(H2,26,29)(H,27,30)/t11-,13+. The van der Waals surface area contributed by atoms with Crippen LogP contribution in [0.5, 0.6) is 0 Å². The summed E-state index contributed by atoms with van der Waals surface area (Å²) in [5, 5.41) is 3.15. The Bertz CT molecular complexity index is 1120. The Morgan fingerprint density at radius 3 is 2.43 bits per heavy atom. The number of halogens is 3. The second kappa shape index (κ2) is 7.85. The van der Waals surface area contributed by atoms with Crippen LogP contribution < -0.4 is 11.1 Å². The van der Waals surface area contributed by atoms with Crippen molar-refractivity contribution in [1.82, 2.24) is 10.3 Å². The van der Waals surface area contributed by atoms with Gasteiger partial charge < -0.3 is 16.0 Å². The molecular formula is C22H20F3N3O2. The summed E-state index contributed by atoms with van der Waals surface area (Å²) in [5.74, 6) is -2.65. The summed E-state index contributed by atoms with van der Waals surface area (Å²) >= 11 is 0. The summed E-state index contributed by atoms with van der Waals surface area (Å²) in [4.78, 5) is 25.4. The second-order valence-electron chi connectivity index (χ2n) is 7.71. The Hall–Kier alpha value is -3.29. The van der Waals surface area contributed by atoms with Gasteiger partial charge >= 0.3 is 0 Å². The smallest absolute Gasteiger partial charge is 0.229 e. The van der Waals surface area contributed by atoms with Crippen molar-refractivity contribution in [2.45, 2.75) is 25.2 Å². The summed E-state index contributed by atoms with van der Waals surface area (Å²) in [6.45, 7) is 0.402. The molecule has 3 aromatic rings. The van der Waals surface area contributed by atoms with Gasteiger partial charge in [-0.25, -0.2) is 13.2 Å². The van der Waals surface area contributed by atoms with Crippen LogP contribution in [0.25, 0.3) is 22.2 Å². The first-order valence-corrected chi connectivity index (χ1v) is 9.63. The zero-order valence-corrected chi connectivity index (χ0v) is 16.0. The van der Waals surface area contributed by atoms with Crippen molar-refractivity contribution in [2.24, 2.45) is 11.7 Å². The molecule has 0 unspecified atom stereocenters. The molecule has 5 nitrogen and oxygen atoms in total. The number of carbonyl (C=O) groups excluding carboxylic acids is 2. The molecule has 1 saturated carbocycles. The monoisotopic (exact) mass is 415 g/mol. The minimum absolute atomic E-state index is 0.0260. The van der Waals surface area contributed by atoms with Gasteiger partial charge in [0.05, 0.1) is 11.2 Å². The molecule has 1 heterocycles. The Labute approximate surface area is 170 Å². The lowest BCUT2D eigenvalue weighted by Gasteiger charge is -2.36. The van der Waals surface area contributed by atoms with Crippen molar-refractivity contribution >= 4 is 22.7 Å². The number of amides is 2. The number of fused-ring (bicyclic) bond motifs is 1. The first-order valence-electron chi connectivity index (χ1n) is 9.63. The van der Waals surface area contributed by atoms with Gasteiger partial charge in [-0.3, -0.25) is 9.59 Å². The first kappa shape index (κ1) is 20.0. The average Bonchev–Trinajstić information content (AvgIpc) is 3.00. The van der Waals surface area contributed by atoms with Crippen LogP contribution in [0.2, 0.25) is 0 Å². The van der Waals surface area contributed by atoms with Gasteiger partial charge in [-0.05, 0) is 66.1 Å². The summed E-state index contributed by atoms with van der Waals surface area (Å²) in [6, 6.07) is 7.96. The minimum atomic E-state index is -0.689. The summed E-state index contributed by atoms with van der Waals surface area (Å²) in [6.07, 6.45) is 1.05. The molecule has 1 aliphatic rings. The van der Waals surface area contributed by atoms with Gasteiger partial charge in [0.15, 0.2) is 0 Å². The topological polar surface area (TPSA) is 88.0 Å². The van der Waals surface area contributed by atoms with Crippen LogP contribution in [0.15, 0.2) is 36.4 Å². The van der Waals surface area contributed by atoms with E-state index in [1.54, 1.807) is 12.1 Å². The third kappa shape index (κ3) is 3.90. The van der Waals surface area contributed by atoms with Crippen molar-refractivity contribution in [3.05, 3.63) is 59.4 Å². The van der Waals surface area contributed by atoms with Crippen LogP contribution in [0.3, 0.4) is 0 Å². The number of hydrogen-bond acceptors (Lipinski definition) is 2. The van der Waals surface area contributed by atoms with Crippen molar-refractivity contribution in [3.8, 4) is 11.3 Å². The lowest BCUT2D eigenvalue weighted by Crippen LogP contribution is -2.36. The highest BCUT2D eigenvalue weighted by atomic mass is 19.1. The molecule has 30 heavy (non-hydrogen) atoms. The lowest BCUT2D eigenvalue weighted by atomic mass is 9.70. The minimum Gasteiger partial charge on any atom is -0.369 e. The average molecular weight is 415 g/mol. The van der Waals surface area contributed by atoms with Crippen LogP contribution in [-0.4, -0.2) is 23.3 Å². The van der Waals surface area contributed by atoms with Gasteiger partial charge in [0.2, 0.25) is 11.8 Å². The fraction of sp³-hybridized carbons (Fsp3) is 0.273. The Balaban J connectivity index is 1.60. The molecule has 0 bridgehead atoms. The fourth-order valence-electron chi connectivity index (χ4n) is 4.13. The maximum atomic E-state index is 14.4. The molecule has 8 heteroatoms. The Kier molecular flexibility index (Phi) is 5.24. The van der Waals surface area contributed by atoms with E-state index in [1.165, 1.54) is 18.2 Å². The maximum absolute atomic E-state index is 14.4. The molecule has 4 N–H and O–H groups in total. The van der Waals surface area contributed by atoms with Crippen molar-refractivity contribution in [3.63, 3.8) is 0 Å². The van der Waals surface area contributed by atoms with E-state index in [4.69, 9.17) is 5.73 Å². The number of nitrogens with two attached hydrogens (primary N) is 1. The molecule has 4 rings (SSSR count). The summed E-state index contributed by atoms with van der Waals surface area (Å²) in [7, 11) is 0. The van der Waals surface area contributed by atoms with Crippen LogP contribution in [0.4, 0.5) is 13.2 Å².